The van der Waals surface area contributed by atoms with E-state index in [0.717, 1.165) is 36.8 Å². The van der Waals surface area contributed by atoms with Crippen LogP contribution in [0.3, 0.4) is 0 Å². The van der Waals surface area contributed by atoms with Gasteiger partial charge in [-0.3, -0.25) is 4.79 Å². The summed E-state index contributed by atoms with van der Waals surface area (Å²) < 4.78 is 1.43. The zero-order valence-electron chi connectivity index (χ0n) is 12.7. The molecule has 1 unspecified atom stereocenters. The van der Waals surface area contributed by atoms with Gasteiger partial charge < -0.3 is 9.80 Å². The van der Waals surface area contributed by atoms with Crippen molar-refractivity contribution in [2.45, 2.75) is 32.2 Å². The third-order valence-electron chi connectivity index (χ3n) is 4.05. The Labute approximate surface area is 128 Å². The van der Waals surface area contributed by atoms with Gasteiger partial charge in [-0.2, -0.15) is 4.52 Å². The van der Waals surface area contributed by atoms with Crippen LogP contribution in [0.4, 0.5) is 5.13 Å². The van der Waals surface area contributed by atoms with E-state index >= 15 is 0 Å². The van der Waals surface area contributed by atoms with Crippen molar-refractivity contribution in [1.82, 2.24) is 19.5 Å². The summed E-state index contributed by atoms with van der Waals surface area (Å²) in [4.78, 5) is 21.8. The SMILES string of the molecule is CCc1cc(=O)n2nc(N3CCCC(N(C)C)C3)sc2n1. The van der Waals surface area contributed by atoms with Crippen LogP contribution >= 0.6 is 11.3 Å². The van der Waals surface area contributed by atoms with Crippen LogP contribution in [-0.2, 0) is 6.42 Å². The first kappa shape index (κ1) is 14.5. The maximum atomic E-state index is 12.1. The number of piperidine rings is 1. The van der Waals surface area contributed by atoms with Crippen molar-refractivity contribution < 1.29 is 0 Å². The van der Waals surface area contributed by atoms with E-state index in [1.54, 1.807) is 6.07 Å². The van der Waals surface area contributed by atoms with E-state index in [4.69, 9.17) is 0 Å². The van der Waals surface area contributed by atoms with E-state index in [-0.39, 0.29) is 5.56 Å². The molecule has 0 aliphatic carbocycles. The van der Waals surface area contributed by atoms with Crippen LogP contribution in [0.2, 0.25) is 0 Å². The Balaban J connectivity index is 1.94. The molecule has 1 fully saturated rings. The molecule has 7 heteroatoms. The van der Waals surface area contributed by atoms with Gasteiger partial charge in [0.1, 0.15) is 0 Å². The van der Waals surface area contributed by atoms with Crippen LogP contribution in [-0.4, -0.2) is 52.7 Å². The van der Waals surface area contributed by atoms with Crippen molar-refractivity contribution in [3.8, 4) is 0 Å². The number of rotatable bonds is 3. The molecule has 0 bridgehead atoms. The molecule has 3 heterocycles. The summed E-state index contributed by atoms with van der Waals surface area (Å²) in [7, 11) is 4.23. The van der Waals surface area contributed by atoms with Gasteiger partial charge >= 0.3 is 0 Å². The van der Waals surface area contributed by atoms with E-state index in [0.29, 0.717) is 11.0 Å². The van der Waals surface area contributed by atoms with Crippen molar-refractivity contribution in [2.24, 2.45) is 0 Å². The van der Waals surface area contributed by atoms with E-state index in [1.807, 2.05) is 6.92 Å². The highest BCUT2D eigenvalue weighted by atomic mass is 32.1. The van der Waals surface area contributed by atoms with Gasteiger partial charge in [0.15, 0.2) is 0 Å². The van der Waals surface area contributed by atoms with E-state index in [9.17, 15) is 4.79 Å². The number of aromatic nitrogens is 3. The largest absolute Gasteiger partial charge is 0.345 e. The number of fused-ring (bicyclic) bond motifs is 1. The molecular weight excluding hydrogens is 286 g/mol. The fourth-order valence-corrected chi connectivity index (χ4v) is 3.67. The zero-order chi connectivity index (χ0) is 15.0. The first-order valence-electron chi connectivity index (χ1n) is 7.39. The first-order valence-corrected chi connectivity index (χ1v) is 8.21. The lowest BCUT2D eigenvalue weighted by molar-refractivity contribution is 0.258. The molecule has 0 amide bonds. The Kier molecular flexibility index (Phi) is 3.95. The summed E-state index contributed by atoms with van der Waals surface area (Å²) in [6.45, 7) is 3.97. The highest BCUT2D eigenvalue weighted by molar-refractivity contribution is 7.20. The van der Waals surface area contributed by atoms with Gasteiger partial charge in [-0.05, 0) is 33.4 Å². The molecule has 0 radical (unpaired) electrons. The molecule has 0 aromatic carbocycles. The summed E-state index contributed by atoms with van der Waals surface area (Å²) >= 11 is 1.51. The minimum absolute atomic E-state index is 0.0829. The van der Waals surface area contributed by atoms with Crippen molar-refractivity contribution in [3.05, 3.63) is 22.1 Å². The van der Waals surface area contributed by atoms with Crippen LogP contribution in [0.5, 0.6) is 0 Å². The summed E-state index contributed by atoms with van der Waals surface area (Å²) in [5.74, 6) is 0. The first-order chi connectivity index (χ1) is 10.1. The van der Waals surface area contributed by atoms with Crippen LogP contribution in [0.15, 0.2) is 10.9 Å². The molecule has 0 saturated carbocycles. The summed E-state index contributed by atoms with van der Waals surface area (Å²) in [6, 6.07) is 2.12. The number of anilines is 1. The highest BCUT2D eigenvalue weighted by Crippen LogP contribution is 2.25. The second-order valence-electron chi connectivity index (χ2n) is 5.72. The number of hydrogen-bond acceptors (Lipinski definition) is 6. The Morgan fingerprint density at radius 1 is 1.48 bits per heavy atom. The third-order valence-corrected chi connectivity index (χ3v) is 5.02. The Bertz CT molecular complexity index is 692. The fraction of sp³-hybridized carbons (Fsp3) is 0.643. The van der Waals surface area contributed by atoms with E-state index < -0.39 is 0 Å². The van der Waals surface area contributed by atoms with Crippen molar-refractivity contribution in [2.75, 3.05) is 32.1 Å². The molecule has 3 rings (SSSR count). The zero-order valence-corrected chi connectivity index (χ0v) is 13.6. The smallest absolute Gasteiger partial charge is 0.275 e. The molecule has 1 aliphatic heterocycles. The van der Waals surface area contributed by atoms with E-state index in [2.05, 4.69) is 34.0 Å². The van der Waals surface area contributed by atoms with Gasteiger partial charge in [0.05, 0.1) is 0 Å². The predicted octanol–water partition coefficient (Wildman–Crippen LogP) is 1.24. The molecule has 114 valence electrons. The molecule has 0 spiro atoms. The maximum Gasteiger partial charge on any atom is 0.275 e. The average Bonchev–Trinajstić information content (AvgIpc) is 2.92. The van der Waals surface area contributed by atoms with Crippen LogP contribution in [0.1, 0.15) is 25.5 Å². The predicted molar refractivity (Wildman–Crippen MR) is 85.4 cm³/mol. The lowest BCUT2D eigenvalue weighted by Gasteiger charge is -2.35. The lowest BCUT2D eigenvalue weighted by atomic mass is 10.1. The normalized spacial score (nSPS) is 19.6. The van der Waals surface area contributed by atoms with Crippen molar-refractivity contribution >= 4 is 21.4 Å². The average molecular weight is 307 g/mol. The van der Waals surface area contributed by atoms with Crippen LogP contribution < -0.4 is 10.5 Å². The van der Waals surface area contributed by atoms with Crippen LogP contribution in [0.25, 0.3) is 4.96 Å². The third kappa shape index (κ3) is 2.80. The van der Waals surface area contributed by atoms with Gasteiger partial charge in [-0.1, -0.05) is 18.3 Å². The highest BCUT2D eigenvalue weighted by Gasteiger charge is 2.24. The minimum Gasteiger partial charge on any atom is -0.345 e. The molecule has 21 heavy (non-hydrogen) atoms. The molecule has 1 saturated heterocycles. The summed E-state index contributed by atoms with van der Waals surface area (Å²) in [5, 5.41) is 5.37. The summed E-state index contributed by atoms with van der Waals surface area (Å²) in [5.41, 5.74) is 0.750. The maximum absolute atomic E-state index is 12.1. The van der Waals surface area contributed by atoms with Crippen molar-refractivity contribution in [3.63, 3.8) is 0 Å². The topological polar surface area (TPSA) is 53.7 Å². The quantitative estimate of drug-likeness (QED) is 0.854. The number of hydrogen-bond donors (Lipinski definition) is 0. The standard InChI is InChI=1S/C14H21N5OS/c1-4-10-8-12(20)19-13(15-10)21-14(16-19)18-7-5-6-11(9-18)17(2)3/h8,11H,4-7,9H2,1-3H3. The molecule has 6 nitrogen and oxygen atoms in total. The summed E-state index contributed by atoms with van der Waals surface area (Å²) in [6.07, 6.45) is 3.14. The lowest BCUT2D eigenvalue weighted by Crippen LogP contribution is -2.45. The van der Waals surface area contributed by atoms with Gasteiger partial charge in [0.2, 0.25) is 10.1 Å². The molecule has 2 aromatic heterocycles. The van der Waals surface area contributed by atoms with E-state index in [1.165, 1.54) is 22.3 Å². The minimum atomic E-state index is -0.0829. The van der Waals surface area contributed by atoms with Gasteiger partial charge in [0.25, 0.3) is 5.56 Å². The number of nitrogens with zero attached hydrogens (tertiary/aromatic N) is 5. The van der Waals surface area contributed by atoms with Gasteiger partial charge in [0, 0.05) is 30.9 Å². The molecule has 2 aromatic rings. The molecule has 0 N–H and O–H groups in total. The molecular formula is C14H21N5OS. The Morgan fingerprint density at radius 3 is 3.00 bits per heavy atom. The number of aryl methyl sites for hydroxylation is 1. The fourth-order valence-electron chi connectivity index (χ4n) is 2.71. The Hall–Kier alpha value is -1.47. The van der Waals surface area contributed by atoms with Gasteiger partial charge in [-0.25, -0.2) is 4.98 Å². The second kappa shape index (κ2) is 5.73. The van der Waals surface area contributed by atoms with Crippen LogP contribution in [0, 0.1) is 0 Å². The second-order valence-corrected chi connectivity index (χ2v) is 6.66. The number of likely N-dealkylation sites (N-methyl/N-ethyl adjacent to an activating group) is 1. The molecule has 1 atom stereocenters. The molecule has 1 aliphatic rings. The Morgan fingerprint density at radius 2 is 2.29 bits per heavy atom. The van der Waals surface area contributed by atoms with Gasteiger partial charge in [-0.15, -0.1) is 5.10 Å². The van der Waals surface area contributed by atoms with Crippen molar-refractivity contribution in [1.29, 1.82) is 0 Å². The monoisotopic (exact) mass is 307 g/mol.